The van der Waals surface area contributed by atoms with Crippen molar-refractivity contribution >= 4 is 0 Å². The van der Waals surface area contributed by atoms with Gasteiger partial charge in [-0.1, -0.05) is 18.9 Å². The molecule has 0 saturated heterocycles. The molecule has 0 unspecified atom stereocenters. The predicted octanol–water partition coefficient (Wildman–Crippen LogP) is 1.69. The molecule has 56 valence electrons. The molecule has 0 atom stereocenters. The molecule has 0 N–H and O–H groups in total. The van der Waals surface area contributed by atoms with Gasteiger partial charge in [0.05, 0.1) is 13.2 Å². The second-order valence-electron chi connectivity index (χ2n) is 1.71. The first-order chi connectivity index (χ1) is 4.41. The van der Waals surface area contributed by atoms with Gasteiger partial charge >= 0.3 is 0 Å². The summed E-state index contributed by atoms with van der Waals surface area (Å²) in [4.78, 5) is 9.13. The normalized spacial score (nSPS) is 10.0. The van der Waals surface area contributed by atoms with Crippen molar-refractivity contribution in [2.45, 2.75) is 26.7 Å². The van der Waals surface area contributed by atoms with Crippen LogP contribution < -0.4 is 0 Å². The second kappa shape index (κ2) is 7.88. The topological polar surface area (TPSA) is 27.7 Å². The Labute approximate surface area is 55.8 Å². The molecule has 0 bridgehead atoms. The van der Waals surface area contributed by atoms with Crippen LogP contribution >= 0.6 is 0 Å². The molecule has 9 heavy (non-hydrogen) atoms. The third-order valence-electron chi connectivity index (χ3n) is 0.671. The summed E-state index contributed by atoms with van der Waals surface area (Å²) in [5.41, 5.74) is 0. The van der Waals surface area contributed by atoms with Gasteiger partial charge in [0, 0.05) is 0 Å². The van der Waals surface area contributed by atoms with Gasteiger partial charge in [0.25, 0.3) is 0 Å². The van der Waals surface area contributed by atoms with E-state index in [1.54, 1.807) is 0 Å². The summed E-state index contributed by atoms with van der Waals surface area (Å²) in [6.07, 6.45) is 1.88. The van der Waals surface area contributed by atoms with Gasteiger partial charge in [-0.15, -0.1) is 0 Å². The average molecular weight is 134 g/mol. The molecule has 0 rings (SSSR count). The van der Waals surface area contributed by atoms with E-state index in [1.165, 1.54) is 0 Å². The van der Waals surface area contributed by atoms with Crippen molar-refractivity contribution in [2.75, 3.05) is 13.2 Å². The van der Waals surface area contributed by atoms with Gasteiger partial charge < -0.3 is 0 Å². The number of hydrogen-bond donors (Lipinski definition) is 0. The van der Waals surface area contributed by atoms with Gasteiger partial charge in [-0.3, -0.25) is 0 Å². The van der Waals surface area contributed by atoms with Crippen molar-refractivity contribution in [3.63, 3.8) is 0 Å². The third-order valence-corrected chi connectivity index (χ3v) is 0.671. The average Bonchev–Trinajstić information content (AvgIpc) is 1.89. The standard InChI is InChI=1S/C6H14O3/c1-3-5-7-9-8-6-4-2/h3-6H2,1-2H3. The van der Waals surface area contributed by atoms with E-state index < -0.39 is 0 Å². The van der Waals surface area contributed by atoms with Crippen molar-refractivity contribution in [1.82, 2.24) is 0 Å². The van der Waals surface area contributed by atoms with Crippen LogP contribution in [0.5, 0.6) is 0 Å². The van der Waals surface area contributed by atoms with Crippen molar-refractivity contribution < 1.29 is 14.8 Å². The molecule has 0 amide bonds. The van der Waals surface area contributed by atoms with E-state index in [4.69, 9.17) is 0 Å². The Morgan fingerprint density at radius 1 is 0.889 bits per heavy atom. The van der Waals surface area contributed by atoms with Gasteiger partial charge in [0.1, 0.15) is 0 Å². The summed E-state index contributed by atoms with van der Waals surface area (Å²) in [5.74, 6) is 0. The Morgan fingerprint density at radius 3 is 1.67 bits per heavy atom. The van der Waals surface area contributed by atoms with Crippen LogP contribution in [0.15, 0.2) is 0 Å². The summed E-state index contributed by atoms with van der Waals surface area (Å²) in [5, 5.41) is 4.31. The third kappa shape index (κ3) is 7.88. The predicted molar refractivity (Wildman–Crippen MR) is 33.6 cm³/mol. The lowest BCUT2D eigenvalue weighted by molar-refractivity contribution is -0.512. The molecule has 0 fully saturated rings. The van der Waals surface area contributed by atoms with Crippen LogP contribution in [0.3, 0.4) is 0 Å². The van der Waals surface area contributed by atoms with Crippen LogP contribution in [0.25, 0.3) is 0 Å². The van der Waals surface area contributed by atoms with Gasteiger partial charge in [-0.25, -0.2) is 9.78 Å². The first-order valence-corrected chi connectivity index (χ1v) is 3.32. The Kier molecular flexibility index (Phi) is 7.77. The molecule has 0 spiro atoms. The van der Waals surface area contributed by atoms with Crippen molar-refractivity contribution in [3.8, 4) is 0 Å². The summed E-state index contributed by atoms with van der Waals surface area (Å²) < 4.78 is 0. The van der Waals surface area contributed by atoms with Crippen LogP contribution in [0.4, 0.5) is 0 Å². The molecule has 0 aromatic rings. The van der Waals surface area contributed by atoms with Gasteiger partial charge in [0.2, 0.25) is 0 Å². The van der Waals surface area contributed by atoms with E-state index in [-0.39, 0.29) is 0 Å². The van der Waals surface area contributed by atoms with E-state index in [1.807, 2.05) is 13.8 Å². The van der Waals surface area contributed by atoms with Crippen LogP contribution in [0.2, 0.25) is 0 Å². The Morgan fingerprint density at radius 2 is 1.33 bits per heavy atom. The Balaban J connectivity index is 2.60. The summed E-state index contributed by atoms with van der Waals surface area (Å²) in [6.45, 7) is 5.18. The van der Waals surface area contributed by atoms with E-state index >= 15 is 0 Å². The molecular weight excluding hydrogens is 120 g/mol. The molecule has 3 heteroatoms. The molecule has 0 radical (unpaired) electrons. The largest absolute Gasteiger partial charge is 0.206 e. The maximum atomic E-state index is 4.56. The first-order valence-electron chi connectivity index (χ1n) is 3.32. The highest BCUT2D eigenvalue weighted by atomic mass is 17.5. The highest BCUT2D eigenvalue weighted by Crippen LogP contribution is 1.85. The van der Waals surface area contributed by atoms with E-state index in [9.17, 15) is 0 Å². The minimum absolute atomic E-state index is 0.587. The van der Waals surface area contributed by atoms with Gasteiger partial charge in [0.15, 0.2) is 0 Å². The Bertz CT molecular complexity index is 41.6. The minimum atomic E-state index is 0.587. The molecule has 0 aromatic carbocycles. The smallest absolute Gasteiger partial charge is 0.0851 e. The zero-order valence-electron chi connectivity index (χ0n) is 6.05. The molecule has 0 aliphatic carbocycles. The fraction of sp³-hybridized carbons (Fsp3) is 1.00. The van der Waals surface area contributed by atoms with E-state index in [0.717, 1.165) is 12.8 Å². The fourth-order valence-corrected chi connectivity index (χ4v) is 0.269. The summed E-state index contributed by atoms with van der Waals surface area (Å²) in [6, 6.07) is 0. The lowest BCUT2D eigenvalue weighted by atomic mass is 10.5. The molecule has 0 aromatic heterocycles. The SMILES string of the molecule is CCCOOOCCC. The van der Waals surface area contributed by atoms with Crippen LogP contribution in [-0.2, 0) is 14.8 Å². The number of hydrogen-bond acceptors (Lipinski definition) is 3. The monoisotopic (exact) mass is 134 g/mol. The van der Waals surface area contributed by atoms with Gasteiger partial charge in [-0.05, 0) is 12.8 Å². The van der Waals surface area contributed by atoms with Crippen LogP contribution in [0, 0.1) is 0 Å². The summed E-state index contributed by atoms with van der Waals surface area (Å²) in [7, 11) is 0. The molecule has 0 heterocycles. The highest BCUT2D eigenvalue weighted by molar-refractivity contribution is 4.15. The zero-order chi connectivity index (χ0) is 6.95. The van der Waals surface area contributed by atoms with Crippen LogP contribution in [0.1, 0.15) is 26.7 Å². The molecule has 0 aliphatic heterocycles. The molecular formula is C6H14O3. The Hall–Kier alpha value is -0.120. The maximum absolute atomic E-state index is 4.56. The van der Waals surface area contributed by atoms with Crippen molar-refractivity contribution in [1.29, 1.82) is 0 Å². The first kappa shape index (κ1) is 8.88. The van der Waals surface area contributed by atoms with Crippen LogP contribution in [-0.4, -0.2) is 13.2 Å². The maximum Gasteiger partial charge on any atom is 0.0851 e. The fourth-order valence-electron chi connectivity index (χ4n) is 0.269. The molecule has 3 nitrogen and oxygen atoms in total. The van der Waals surface area contributed by atoms with E-state index in [2.05, 4.69) is 14.8 Å². The lowest BCUT2D eigenvalue weighted by Gasteiger charge is -1.98. The van der Waals surface area contributed by atoms with Gasteiger partial charge in [-0.2, -0.15) is 0 Å². The molecule has 0 aliphatic rings. The molecule has 0 saturated carbocycles. The highest BCUT2D eigenvalue weighted by Gasteiger charge is 1.84. The van der Waals surface area contributed by atoms with Crippen molar-refractivity contribution in [2.24, 2.45) is 0 Å². The zero-order valence-corrected chi connectivity index (χ0v) is 6.05. The van der Waals surface area contributed by atoms with Crippen molar-refractivity contribution in [3.05, 3.63) is 0 Å². The lowest BCUT2D eigenvalue weighted by Crippen LogP contribution is -1.97. The summed E-state index contributed by atoms with van der Waals surface area (Å²) >= 11 is 0. The second-order valence-corrected chi connectivity index (χ2v) is 1.71. The van der Waals surface area contributed by atoms with E-state index in [0.29, 0.717) is 13.2 Å². The number of rotatable bonds is 6. The minimum Gasteiger partial charge on any atom is -0.206 e. The quantitative estimate of drug-likeness (QED) is 0.314.